The topological polar surface area (TPSA) is 114 Å². The number of fused-ring (bicyclic) bond motifs is 1. The van der Waals surface area contributed by atoms with Crippen molar-refractivity contribution in [2.75, 3.05) is 5.73 Å². The van der Waals surface area contributed by atoms with Crippen LogP contribution in [0.25, 0.3) is 16.6 Å². The van der Waals surface area contributed by atoms with Gasteiger partial charge in [-0.25, -0.2) is 9.37 Å². The molecule has 0 atom stereocenters. The average molecular weight is 597 g/mol. The maximum absolute atomic E-state index is 15.0. The smallest absolute Gasteiger partial charge is 0.266 e. The number of aliphatic imine (C=N–C) groups is 1. The molecule has 1 aliphatic rings. The molecule has 0 radical (unpaired) electrons. The van der Waals surface area contributed by atoms with Gasteiger partial charge in [0.1, 0.15) is 5.65 Å². The van der Waals surface area contributed by atoms with Crippen molar-refractivity contribution in [1.82, 2.24) is 9.55 Å². The van der Waals surface area contributed by atoms with Gasteiger partial charge in [0.25, 0.3) is 5.91 Å². The minimum Gasteiger partial charge on any atom is -0.396 e. The van der Waals surface area contributed by atoms with E-state index in [4.69, 9.17) is 45.9 Å². The number of aromatic nitrogens is 2. The van der Waals surface area contributed by atoms with Crippen molar-refractivity contribution >= 4 is 80.7 Å². The van der Waals surface area contributed by atoms with E-state index < -0.39 is 17.5 Å². The highest BCUT2D eigenvalue weighted by atomic mass is 35.5. The highest BCUT2D eigenvalue weighted by Crippen LogP contribution is 2.33. The van der Waals surface area contributed by atoms with Crippen LogP contribution in [0.4, 0.5) is 10.1 Å². The van der Waals surface area contributed by atoms with E-state index >= 15 is 0 Å². The fraction of sp³-hybridized carbons (Fsp3) is 0.138. The van der Waals surface area contributed by atoms with Crippen molar-refractivity contribution in [3.05, 3.63) is 98.1 Å². The third kappa shape index (κ3) is 5.18. The Kier molecular flexibility index (Phi) is 7.59. The predicted octanol–water partition coefficient (Wildman–Crippen LogP) is 7.50. The monoisotopic (exact) mass is 595 g/mol. The molecule has 0 saturated heterocycles. The van der Waals surface area contributed by atoms with Crippen molar-refractivity contribution < 1.29 is 14.0 Å². The number of pyridine rings is 1. The SMILES string of the molecule is CC(=N/C=C(\C=N)c1cnc2c(c1)c(C(=O)c1cc(Cl)cc(N)c1F)cn2C(=O)c1c(Cl)cccc1Cl)C1CC1. The van der Waals surface area contributed by atoms with E-state index in [0.717, 1.165) is 29.3 Å². The second kappa shape index (κ2) is 11.0. The predicted molar refractivity (Wildman–Crippen MR) is 158 cm³/mol. The Balaban J connectivity index is 1.72. The van der Waals surface area contributed by atoms with Crippen LogP contribution in [0.1, 0.15) is 51.6 Å². The van der Waals surface area contributed by atoms with Crippen molar-refractivity contribution in [1.29, 1.82) is 5.41 Å². The van der Waals surface area contributed by atoms with Gasteiger partial charge in [-0.3, -0.25) is 19.1 Å². The molecule has 4 aromatic rings. The number of benzene rings is 2. The first-order valence-corrected chi connectivity index (χ1v) is 13.3. The van der Waals surface area contributed by atoms with Crippen LogP contribution in [0, 0.1) is 17.1 Å². The molecule has 0 aliphatic heterocycles. The third-order valence-corrected chi connectivity index (χ3v) is 7.51. The highest BCUT2D eigenvalue weighted by molar-refractivity contribution is 6.40. The Hall–Kier alpha value is -3.85. The lowest BCUT2D eigenvalue weighted by Gasteiger charge is -2.08. The summed E-state index contributed by atoms with van der Waals surface area (Å²) in [6, 6.07) is 8.59. The molecule has 40 heavy (non-hydrogen) atoms. The molecule has 1 saturated carbocycles. The molecule has 0 bridgehead atoms. The molecule has 202 valence electrons. The molecule has 2 aromatic carbocycles. The summed E-state index contributed by atoms with van der Waals surface area (Å²) in [5.74, 6) is -1.90. The first kappa shape index (κ1) is 27.7. The number of anilines is 1. The number of nitrogen functional groups attached to an aromatic ring is 1. The molecule has 0 unspecified atom stereocenters. The third-order valence-electron chi connectivity index (χ3n) is 6.66. The van der Waals surface area contributed by atoms with E-state index in [9.17, 15) is 14.0 Å². The summed E-state index contributed by atoms with van der Waals surface area (Å²) in [5, 5.41) is 8.44. The number of hydrogen-bond donors (Lipinski definition) is 2. The van der Waals surface area contributed by atoms with Gasteiger partial charge in [0.2, 0.25) is 0 Å². The molecular formula is C29H21Cl3FN5O2. The number of carbonyl (C=O) groups excluding carboxylic acids is 2. The number of carbonyl (C=O) groups is 2. The highest BCUT2D eigenvalue weighted by Gasteiger charge is 2.27. The normalized spacial score (nSPS) is 14.0. The second-order valence-electron chi connectivity index (χ2n) is 9.37. The molecule has 2 aromatic heterocycles. The van der Waals surface area contributed by atoms with Gasteiger partial charge in [-0.15, -0.1) is 0 Å². The van der Waals surface area contributed by atoms with Gasteiger partial charge in [0, 0.05) is 52.1 Å². The largest absolute Gasteiger partial charge is 0.396 e. The van der Waals surface area contributed by atoms with Crippen molar-refractivity contribution in [2.24, 2.45) is 10.9 Å². The summed E-state index contributed by atoms with van der Waals surface area (Å²) in [6.45, 7) is 1.94. The van der Waals surface area contributed by atoms with Gasteiger partial charge in [-0.05, 0) is 56.0 Å². The lowest BCUT2D eigenvalue weighted by molar-refractivity contribution is 0.0964. The van der Waals surface area contributed by atoms with Gasteiger partial charge in [-0.2, -0.15) is 0 Å². The standard InChI is InChI=1S/C29H21Cl3FN5O2/c1-14(15-5-6-15)36-12-17(10-34)16-7-19-21(27(39)20-8-18(30)9-24(35)26(20)33)13-38(28(19)37-11-16)29(40)25-22(31)3-2-4-23(25)32/h2-4,7-13,15,34H,5-6,35H2,1H3/b17-12+,34-10?,36-14?. The first-order chi connectivity index (χ1) is 19.1. The van der Waals surface area contributed by atoms with E-state index in [2.05, 4.69) is 9.98 Å². The zero-order chi connectivity index (χ0) is 28.7. The van der Waals surface area contributed by atoms with Crippen molar-refractivity contribution in [3.8, 4) is 0 Å². The molecule has 0 amide bonds. The number of nitrogens with one attached hydrogen (secondary N) is 1. The van der Waals surface area contributed by atoms with Crippen molar-refractivity contribution in [2.45, 2.75) is 19.8 Å². The van der Waals surface area contributed by atoms with E-state index in [0.29, 0.717) is 17.1 Å². The molecule has 0 spiro atoms. The number of ketones is 1. The van der Waals surface area contributed by atoms with E-state index in [-0.39, 0.29) is 48.5 Å². The van der Waals surface area contributed by atoms with Gasteiger partial charge >= 0.3 is 0 Å². The summed E-state index contributed by atoms with van der Waals surface area (Å²) >= 11 is 18.6. The Morgan fingerprint density at radius 2 is 1.85 bits per heavy atom. The number of nitrogens with zero attached hydrogens (tertiary/aromatic N) is 3. The fourth-order valence-corrected chi connectivity index (χ4v) is 5.10. The summed E-state index contributed by atoms with van der Waals surface area (Å²) in [5.41, 5.74) is 6.99. The number of hydrogen-bond acceptors (Lipinski definition) is 6. The molecule has 3 N–H and O–H groups in total. The molecule has 11 heteroatoms. The number of halogens is 4. The van der Waals surface area contributed by atoms with Crippen LogP contribution in [0.2, 0.25) is 15.1 Å². The number of nitrogens with two attached hydrogens (primary N) is 1. The molecule has 1 aliphatic carbocycles. The zero-order valence-corrected chi connectivity index (χ0v) is 23.3. The van der Waals surface area contributed by atoms with Crippen LogP contribution < -0.4 is 5.73 Å². The fourth-order valence-electron chi connectivity index (χ4n) is 4.32. The van der Waals surface area contributed by atoms with Crippen LogP contribution in [-0.4, -0.2) is 33.2 Å². The van der Waals surface area contributed by atoms with Crippen LogP contribution in [0.3, 0.4) is 0 Å². The lowest BCUT2D eigenvalue weighted by atomic mass is 10.0. The zero-order valence-electron chi connectivity index (χ0n) is 21.0. The Morgan fingerprint density at radius 1 is 1.15 bits per heavy atom. The van der Waals surface area contributed by atoms with Gasteiger partial charge < -0.3 is 11.1 Å². The number of rotatable bonds is 7. The molecular weight excluding hydrogens is 576 g/mol. The second-order valence-corrected chi connectivity index (χ2v) is 10.6. The Bertz CT molecular complexity index is 1770. The first-order valence-electron chi connectivity index (χ1n) is 12.1. The molecule has 5 rings (SSSR count). The summed E-state index contributed by atoms with van der Waals surface area (Å²) in [7, 11) is 0. The lowest BCUT2D eigenvalue weighted by Crippen LogP contribution is -2.13. The maximum Gasteiger partial charge on any atom is 0.266 e. The van der Waals surface area contributed by atoms with Crippen LogP contribution in [0.5, 0.6) is 0 Å². The summed E-state index contributed by atoms with van der Waals surface area (Å²) in [4.78, 5) is 36.3. The molecule has 7 nitrogen and oxygen atoms in total. The summed E-state index contributed by atoms with van der Waals surface area (Å²) in [6.07, 6.45) is 7.58. The van der Waals surface area contributed by atoms with Gasteiger partial charge in [-0.1, -0.05) is 40.9 Å². The van der Waals surface area contributed by atoms with E-state index in [1.54, 1.807) is 18.3 Å². The number of allylic oxidation sites excluding steroid dienone is 1. The van der Waals surface area contributed by atoms with Gasteiger partial charge in [0.05, 0.1) is 32.4 Å². The van der Waals surface area contributed by atoms with Crippen molar-refractivity contribution in [3.63, 3.8) is 0 Å². The van der Waals surface area contributed by atoms with Gasteiger partial charge in [0.15, 0.2) is 11.6 Å². The Morgan fingerprint density at radius 3 is 2.50 bits per heavy atom. The van der Waals surface area contributed by atoms with E-state index in [1.165, 1.54) is 36.7 Å². The van der Waals surface area contributed by atoms with Crippen LogP contribution >= 0.6 is 34.8 Å². The minimum atomic E-state index is -0.940. The average Bonchev–Trinajstić information content (AvgIpc) is 3.71. The molecule has 1 fully saturated rings. The van der Waals surface area contributed by atoms with Crippen LogP contribution in [0.15, 0.2) is 60.0 Å². The Labute approximate surface area is 243 Å². The van der Waals surface area contributed by atoms with Crippen LogP contribution in [-0.2, 0) is 0 Å². The molecule has 2 heterocycles. The minimum absolute atomic E-state index is 0.00996. The van der Waals surface area contributed by atoms with E-state index in [1.807, 2.05) is 6.92 Å². The quantitative estimate of drug-likeness (QED) is 0.131. The summed E-state index contributed by atoms with van der Waals surface area (Å²) < 4.78 is 16.1. The maximum atomic E-state index is 15.0.